The number of nitrogens with one attached hydrogen (secondary N) is 3. The van der Waals surface area contributed by atoms with Gasteiger partial charge >= 0.3 is 0 Å². The molecule has 5 aromatic carbocycles. The summed E-state index contributed by atoms with van der Waals surface area (Å²) in [5.74, 6) is -1.50. The van der Waals surface area contributed by atoms with E-state index in [1.54, 1.807) is 0 Å². The number of ether oxygens (including phenoxy) is 1. The van der Waals surface area contributed by atoms with Crippen LogP contribution >= 0.6 is 0 Å². The zero-order valence-electron chi connectivity index (χ0n) is 33.8. The van der Waals surface area contributed by atoms with Gasteiger partial charge in [0.1, 0.15) is 15.5 Å². The topological polar surface area (TPSA) is 405 Å². The van der Waals surface area contributed by atoms with Crippen molar-refractivity contribution in [1.29, 1.82) is 0 Å². The SMILES string of the molecule is CC(Nc1nc(Nc2ccc(N=Nc3cc(S(=O)(=O)O)c4cccc(S(=O)(=O)O)c4c3)cc2)nc(Nc2ccc(N=Nc3cccc(S(=O)(=O)O)c3)cc2OCCCS(=O)(=O)O)n1)S(=O)(=O)O. The summed E-state index contributed by atoms with van der Waals surface area (Å²) in [5, 5.41) is 22.2. The number of fused-ring (bicyclic) bond motifs is 1. The maximum atomic E-state index is 12.2. The highest BCUT2D eigenvalue weighted by Crippen LogP contribution is 2.35. The molecule has 31 heteroatoms. The minimum absolute atomic E-state index is 0.00395. The Labute approximate surface area is 381 Å². The molecule has 0 spiro atoms. The average molecular weight is 1020 g/mol. The van der Waals surface area contributed by atoms with Crippen molar-refractivity contribution in [2.75, 3.05) is 28.3 Å². The van der Waals surface area contributed by atoms with Gasteiger partial charge in [0, 0.05) is 22.5 Å². The molecule has 1 aromatic heterocycles. The number of hydrogen-bond donors (Lipinski definition) is 8. The van der Waals surface area contributed by atoms with Crippen LogP contribution in [0.3, 0.4) is 0 Å². The molecule has 67 heavy (non-hydrogen) atoms. The molecule has 0 bridgehead atoms. The van der Waals surface area contributed by atoms with Gasteiger partial charge in [0.15, 0.2) is 5.37 Å². The molecule has 26 nitrogen and oxygen atoms in total. The molecule has 0 saturated heterocycles. The number of azo groups is 2. The molecule has 354 valence electrons. The van der Waals surface area contributed by atoms with Crippen LogP contribution in [0.5, 0.6) is 5.75 Å². The van der Waals surface area contributed by atoms with E-state index in [1.807, 2.05) is 0 Å². The van der Waals surface area contributed by atoms with Gasteiger partial charge in [-0.25, -0.2) is 0 Å². The molecule has 1 heterocycles. The van der Waals surface area contributed by atoms with Crippen LogP contribution in [-0.4, -0.2) is 97.5 Å². The van der Waals surface area contributed by atoms with Gasteiger partial charge in [0.05, 0.1) is 45.7 Å². The average Bonchev–Trinajstić information content (AvgIpc) is 3.22. The number of nitrogens with zero attached hydrogens (tertiary/aromatic N) is 7. The molecule has 6 rings (SSSR count). The number of anilines is 5. The van der Waals surface area contributed by atoms with Crippen LogP contribution in [0.25, 0.3) is 10.8 Å². The summed E-state index contributed by atoms with van der Waals surface area (Å²) in [5.41, 5.74) is 0.546. The fourth-order valence-corrected chi connectivity index (χ4v) is 8.31. The summed E-state index contributed by atoms with van der Waals surface area (Å²) in [6.07, 6.45) is -0.162. The molecule has 0 aliphatic carbocycles. The molecule has 0 fully saturated rings. The van der Waals surface area contributed by atoms with E-state index in [0.717, 1.165) is 37.3 Å². The molecule has 1 atom stereocenters. The molecule has 6 aromatic rings. The van der Waals surface area contributed by atoms with E-state index in [9.17, 15) is 64.9 Å². The van der Waals surface area contributed by atoms with Crippen molar-refractivity contribution in [2.24, 2.45) is 20.5 Å². The van der Waals surface area contributed by atoms with Crippen molar-refractivity contribution < 1.29 is 69.6 Å². The summed E-state index contributed by atoms with van der Waals surface area (Å²) < 4.78 is 172. The first kappa shape index (κ1) is 49.7. The van der Waals surface area contributed by atoms with E-state index >= 15 is 0 Å². The summed E-state index contributed by atoms with van der Waals surface area (Å²) in [6, 6.07) is 20.4. The third-order valence-corrected chi connectivity index (χ3v) is 13.2. The predicted molar refractivity (Wildman–Crippen MR) is 239 cm³/mol. The zero-order chi connectivity index (χ0) is 49.0. The molecule has 8 N–H and O–H groups in total. The second-order valence-electron chi connectivity index (χ2n) is 13.7. The smallest absolute Gasteiger partial charge is 0.295 e. The lowest BCUT2D eigenvalue weighted by atomic mass is 10.1. The van der Waals surface area contributed by atoms with Crippen molar-refractivity contribution >= 4 is 113 Å². The van der Waals surface area contributed by atoms with E-state index in [4.69, 9.17) is 4.74 Å². The van der Waals surface area contributed by atoms with Crippen molar-refractivity contribution in [3.63, 3.8) is 0 Å². The van der Waals surface area contributed by atoms with Crippen LogP contribution in [0.4, 0.5) is 52.0 Å². The van der Waals surface area contributed by atoms with E-state index in [2.05, 4.69) is 51.4 Å². The minimum Gasteiger partial charge on any atom is -0.491 e. The van der Waals surface area contributed by atoms with Crippen LogP contribution in [0.2, 0.25) is 0 Å². The van der Waals surface area contributed by atoms with Gasteiger partial charge in [0.2, 0.25) is 17.8 Å². The third kappa shape index (κ3) is 13.9. The van der Waals surface area contributed by atoms with E-state index < -0.39 is 76.4 Å². The van der Waals surface area contributed by atoms with Gasteiger partial charge in [-0.2, -0.15) is 77.5 Å². The maximum Gasteiger partial charge on any atom is 0.295 e. The van der Waals surface area contributed by atoms with Crippen molar-refractivity contribution in [3.8, 4) is 5.75 Å². The standard InChI is InChI=1S/C36H34N10O16S5/c1-21(64(50,51)52)37-34-40-35(38-22-9-11-23(12-10-22)43-46-26-18-29-28(33(20-26)67(59,60)61)7-3-8-32(29)66(56,57)58)42-36(41-34)39-30-14-13-25(19-31(30)62-15-4-16-63(47,48)49)45-44-24-5-2-6-27(17-24)65(53,54)55/h2-3,5-14,17-21H,4,15-16H2,1H3,(H,47,48,49)(H,50,51,52)(H,53,54,55)(H,56,57,58)(H,59,60,61)(H3,37,38,39,40,41,42). The molecule has 0 saturated carbocycles. The third-order valence-electron chi connectivity index (χ3n) is 8.69. The van der Waals surface area contributed by atoms with Crippen LogP contribution < -0.4 is 20.7 Å². The molecular weight excluding hydrogens is 989 g/mol. The second-order valence-corrected chi connectivity index (χ2v) is 21.2. The Morgan fingerprint density at radius 3 is 1.78 bits per heavy atom. The Hall–Kier alpha value is -6.68. The lowest BCUT2D eigenvalue weighted by Gasteiger charge is -2.16. The molecule has 1 unspecified atom stereocenters. The van der Waals surface area contributed by atoms with Crippen LogP contribution in [0.15, 0.2) is 132 Å². The largest absolute Gasteiger partial charge is 0.491 e. The van der Waals surface area contributed by atoms with Crippen molar-refractivity contribution in [1.82, 2.24) is 15.0 Å². The Bertz CT molecular complexity index is 3510. The second kappa shape index (κ2) is 19.7. The Kier molecular flexibility index (Phi) is 14.6. The van der Waals surface area contributed by atoms with Gasteiger partial charge in [-0.05, 0) is 86.1 Å². The van der Waals surface area contributed by atoms with Crippen LogP contribution in [0.1, 0.15) is 13.3 Å². The van der Waals surface area contributed by atoms with Crippen LogP contribution in [-0.2, 0) is 50.6 Å². The molecule has 0 aliphatic heterocycles. The van der Waals surface area contributed by atoms with Gasteiger partial charge in [-0.15, -0.1) is 0 Å². The number of aromatic nitrogens is 3. The first-order valence-electron chi connectivity index (χ1n) is 18.5. The number of rotatable bonds is 19. The van der Waals surface area contributed by atoms with E-state index in [0.29, 0.717) is 5.69 Å². The van der Waals surface area contributed by atoms with Gasteiger partial charge < -0.3 is 20.7 Å². The fraction of sp³-hybridized carbons (Fsp3) is 0.139. The Morgan fingerprint density at radius 1 is 0.567 bits per heavy atom. The quantitative estimate of drug-likeness (QED) is 0.0247. The van der Waals surface area contributed by atoms with Crippen LogP contribution in [0, 0.1) is 0 Å². The molecular formula is C36H34N10O16S5. The normalized spacial score (nSPS) is 13.2. The van der Waals surface area contributed by atoms with Gasteiger partial charge in [0.25, 0.3) is 50.6 Å². The van der Waals surface area contributed by atoms with E-state index in [1.165, 1.54) is 66.7 Å². The zero-order valence-corrected chi connectivity index (χ0v) is 37.9. The summed E-state index contributed by atoms with van der Waals surface area (Å²) in [6.45, 7) is 0.846. The first-order valence-corrected chi connectivity index (χ1v) is 25.9. The monoisotopic (exact) mass is 1020 g/mol. The minimum atomic E-state index is -4.91. The molecule has 0 radical (unpaired) electrons. The van der Waals surface area contributed by atoms with Gasteiger partial charge in [-0.3, -0.25) is 22.8 Å². The number of hydrogen-bond acceptors (Lipinski definition) is 21. The Balaban J connectivity index is 1.29. The predicted octanol–water partition coefficient (Wildman–Crippen LogP) is 6.39. The summed E-state index contributed by atoms with van der Waals surface area (Å²) in [4.78, 5) is 10.9. The highest BCUT2D eigenvalue weighted by atomic mass is 32.2. The molecule has 0 aliphatic rings. The summed E-state index contributed by atoms with van der Waals surface area (Å²) in [7, 11) is -23.3. The highest BCUT2D eigenvalue weighted by Gasteiger charge is 2.22. The lowest BCUT2D eigenvalue weighted by molar-refractivity contribution is 0.317. The maximum absolute atomic E-state index is 12.2. The fourth-order valence-electron chi connectivity index (χ4n) is 5.63. The summed E-state index contributed by atoms with van der Waals surface area (Å²) >= 11 is 0. The van der Waals surface area contributed by atoms with Crippen molar-refractivity contribution in [2.45, 2.75) is 33.4 Å². The van der Waals surface area contributed by atoms with Crippen molar-refractivity contribution in [3.05, 3.63) is 97.1 Å². The first-order chi connectivity index (χ1) is 31.2. The number of benzene rings is 5. The molecule has 0 amide bonds. The van der Waals surface area contributed by atoms with Gasteiger partial charge in [-0.1, -0.05) is 18.2 Å². The van der Waals surface area contributed by atoms with E-state index in [-0.39, 0.29) is 75.8 Å². The highest BCUT2D eigenvalue weighted by molar-refractivity contribution is 7.87. The Morgan fingerprint density at radius 2 is 1.15 bits per heavy atom. The lowest BCUT2D eigenvalue weighted by Crippen LogP contribution is -2.27.